The molecule has 0 aliphatic heterocycles. The van der Waals surface area contributed by atoms with Crippen LogP contribution in [0.15, 0.2) is 24.5 Å². The van der Waals surface area contributed by atoms with E-state index in [-0.39, 0.29) is 0 Å². The van der Waals surface area contributed by atoms with Gasteiger partial charge in [0.15, 0.2) is 0 Å². The monoisotopic (exact) mass is 203 g/mol. The zero-order valence-corrected chi connectivity index (χ0v) is 9.11. The molecule has 0 aliphatic rings. The van der Waals surface area contributed by atoms with E-state index in [1.165, 1.54) is 5.56 Å². The van der Waals surface area contributed by atoms with Gasteiger partial charge in [-0.3, -0.25) is 4.98 Å². The Kier molecular flexibility index (Phi) is 5.42. The van der Waals surface area contributed by atoms with E-state index >= 15 is 0 Å². The third kappa shape index (κ3) is 4.57. The molecule has 1 rings (SSSR count). The predicted molar refractivity (Wildman–Crippen MR) is 60.1 cm³/mol. The van der Waals surface area contributed by atoms with Crippen LogP contribution >= 0.6 is 0 Å². The molecule has 0 fully saturated rings. The minimum absolute atomic E-state index is 0.357. The third-order valence-corrected chi connectivity index (χ3v) is 2.37. The van der Waals surface area contributed by atoms with Crippen LogP contribution in [-0.2, 0) is 0 Å². The largest absolute Gasteiger partial charge is 0.310 e. The third-order valence-electron chi connectivity index (χ3n) is 2.37. The molecule has 0 bridgehead atoms. The Morgan fingerprint density at radius 1 is 1.40 bits per heavy atom. The van der Waals surface area contributed by atoms with E-state index in [1.807, 2.05) is 24.5 Å². The van der Waals surface area contributed by atoms with Gasteiger partial charge in [-0.15, -0.1) is 0 Å². The van der Waals surface area contributed by atoms with Gasteiger partial charge in [0.25, 0.3) is 0 Å². The summed E-state index contributed by atoms with van der Waals surface area (Å²) in [6, 6.07) is 6.55. The first-order chi connectivity index (χ1) is 7.34. The van der Waals surface area contributed by atoms with Crippen molar-refractivity contribution in [2.75, 3.05) is 6.54 Å². The van der Waals surface area contributed by atoms with E-state index in [0.717, 1.165) is 19.4 Å². The highest BCUT2D eigenvalue weighted by Gasteiger charge is 2.02. The molecule has 0 amide bonds. The van der Waals surface area contributed by atoms with E-state index < -0.39 is 0 Å². The Hall–Kier alpha value is -1.40. The number of aromatic nitrogens is 1. The number of hydrogen-bond donors (Lipinski definition) is 1. The van der Waals surface area contributed by atoms with Crippen LogP contribution in [0.4, 0.5) is 0 Å². The van der Waals surface area contributed by atoms with E-state index in [0.29, 0.717) is 12.5 Å². The van der Waals surface area contributed by atoms with Gasteiger partial charge in [0.05, 0.1) is 6.07 Å². The average molecular weight is 203 g/mol. The minimum Gasteiger partial charge on any atom is -0.310 e. The number of unbranched alkanes of at least 4 members (excludes halogenated alkanes) is 2. The summed E-state index contributed by atoms with van der Waals surface area (Å²) in [5.74, 6) is 0. The molecule has 1 atom stereocenters. The van der Waals surface area contributed by atoms with Crippen molar-refractivity contribution in [3.63, 3.8) is 0 Å². The molecule has 0 saturated heterocycles. The molecule has 0 radical (unpaired) electrons. The van der Waals surface area contributed by atoms with Crippen LogP contribution in [0.25, 0.3) is 0 Å². The maximum atomic E-state index is 8.38. The van der Waals surface area contributed by atoms with Crippen LogP contribution in [0.2, 0.25) is 0 Å². The quantitative estimate of drug-likeness (QED) is 0.722. The maximum absolute atomic E-state index is 8.38. The zero-order chi connectivity index (χ0) is 10.9. The first-order valence-electron chi connectivity index (χ1n) is 5.35. The molecule has 0 unspecified atom stereocenters. The number of nitrogens with one attached hydrogen (secondary N) is 1. The average Bonchev–Trinajstić information content (AvgIpc) is 2.30. The number of nitriles is 1. The number of rotatable bonds is 6. The van der Waals surface area contributed by atoms with Gasteiger partial charge < -0.3 is 5.32 Å². The lowest BCUT2D eigenvalue weighted by Gasteiger charge is -2.13. The summed E-state index contributed by atoms with van der Waals surface area (Å²) in [4.78, 5) is 3.98. The highest BCUT2D eigenvalue weighted by atomic mass is 14.9. The van der Waals surface area contributed by atoms with E-state index in [4.69, 9.17) is 5.26 Å². The van der Waals surface area contributed by atoms with Crippen LogP contribution in [0, 0.1) is 11.3 Å². The first kappa shape index (κ1) is 11.7. The highest BCUT2D eigenvalue weighted by Crippen LogP contribution is 2.09. The van der Waals surface area contributed by atoms with Crippen molar-refractivity contribution in [1.29, 1.82) is 5.26 Å². The van der Waals surface area contributed by atoms with Crippen LogP contribution in [0.3, 0.4) is 0 Å². The summed E-state index contributed by atoms with van der Waals surface area (Å²) in [7, 11) is 0. The molecule has 3 nitrogen and oxygen atoms in total. The molecule has 0 aromatic carbocycles. The Bertz CT molecular complexity index is 302. The van der Waals surface area contributed by atoms with Crippen molar-refractivity contribution in [1.82, 2.24) is 10.3 Å². The Morgan fingerprint density at radius 3 is 2.80 bits per heavy atom. The topological polar surface area (TPSA) is 48.7 Å². The van der Waals surface area contributed by atoms with Crippen LogP contribution in [0.5, 0.6) is 0 Å². The molecule has 1 aromatic heterocycles. The summed E-state index contributed by atoms with van der Waals surface area (Å²) in [6.45, 7) is 3.10. The molecule has 3 heteroatoms. The predicted octanol–water partition coefficient (Wildman–Crippen LogP) is 2.43. The zero-order valence-electron chi connectivity index (χ0n) is 9.11. The molecular formula is C12H17N3. The fourth-order valence-corrected chi connectivity index (χ4v) is 1.42. The second-order valence-electron chi connectivity index (χ2n) is 3.57. The van der Waals surface area contributed by atoms with Crippen LogP contribution in [-0.4, -0.2) is 11.5 Å². The van der Waals surface area contributed by atoms with Gasteiger partial charge in [-0.25, -0.2) is 0 Å². The molecule has 1 aromatic rings. The second kappa shape index (κ2) is 6.97. The summed E-state index contributed by atoms with van der Waals surface area (Å²) >= 11 is 0. The van der Waals surface area contributed by atoms with Crippen molar-refractivity contribution in [3.8, 4) is 6.07 Å². The number of pyridine rings is 1. The lowest BCUT2D eigenvalue weighted by atomic mass is 10.1. The number of nitrogens with zero attached hydrogens (tertiary/aromatic N) is 2. The van der Waals surface area contributed by atoms with Gasteiger partial charge in [0.2, 0.25) is 0 Å². The smallest absolute Gasteiger partial charge is 0.0621 e. The molecule has 80 valence electrons. The molecule has 0 saturated carbocycles. The SMILES string of the molecule is C[C@H](NCCCCC#N)c1ccncc1. The van der Waals surface area contributed by atoms with E-state index in [2.05, 4.69) is 23.3 Å². The number of hydrogen-bond acceptors (Lipinski definition) is 3. The van der Waals surface area contributed by atoms with Crippen molar-refractivity contribution in [2.45, 2.75) is 32.2 Å². The summed E-state index contributed by atoms with van der Waals surface area (Å²) in [6.07, 6.45) is 6.31. The minimum atomic E-state index is 0.357. The maximum Gasteiger partial charge on any atom is 0.0621 e. The molecule has 0 aliphatic carbocycles. The summed E-state index contributed by atoms with van der Waals surface area (Å²) in [5, 5.41) is 11.8. The summed E-state index contributed by atoms with van der Waals surface area (Å²) in [5.41, 5.74) is 1.25. The van der Waals surface area contributed by atoms with E-state index in [9.17, 15) is 0 Å². The highest BCUT2D eigenvalue weighted by molar-refractivity contribution is 5.13. The molecule has 0 spiro atoms. The van der Waals surface area contributed by atoms with Crippen LogP contribution < -0.4 is 5.32 Å². The fraction of sp³-hybridized carbons (Fsp3) is 0.500. The van der Waals surface area contributed by atoms with E-state index in [1.54, 1.807) is 0 Å². The Labute approximate surface area is 91.1 Å². The molecular weight excluding hydrogens is 186 g/mol. The standard InChI is InChI=1S/C12H17N3/c1-11(12-5-9-14-10-6-12)15-8-4-2-3-7-13/h5-6,9-11,15H,2-4,8H2,1H3/t11-/m0/s1. The van der Waals surface area contributed by atoms with Crippen molar-refractivity contribution >= 4 is 0 Å². The van der Waals surface area contributed by atoms with Crippen molar-refractivity contribution in [2.24, 2.45) is 0 Å². The summed E-state index contributed by atoms with van der Waals surface area (Å²) < 4.78 is 0. The second-order valence-corrected chi connectivity index (χ2v) is 3.57. The van der Waals surface area contributed by atoms with Gasteiger partial charge in [-0.1, -0.05) is 0 Å². The lowest BCUT2D eigenvalue weighted by molar-refractivity contribution is 0.548. The normalized spacial score (nSPS) is 12.0. The van der Waals surface area contributed by atoms with Gasteiger partial charge in [-0.05, 0) is 44.0 Å². The Balaban J connectivity index is 2.20. The van der Waals surface area contributed by atoms with Gasteiger partial charge in [0.1, 0.15) is 0 Å². The van der Waals surface area contributed by atoms with Crippen LogP contribution in [0.1, 0.15) is 37.8 Å². The molecule has 15 heavy (non-hydrogen) atoms. The van der Waals surface area contributed by atoms with Gasteiger partial charge in [0, 0.05) is 24.9 Å². The fourth-order valence-electron chi connectivity index (χ4n) is 1.42. The van der Waals surface area contributed by atoms with Crippen molar-refractivity contribution < 1.29 is 0 Å². The molecule has 1 N–H and O–H groups in total. The lowest BCUT2D eigenvalue weighted by Crippen LogP contribution is -2.19. The van der Waals surface area contributed by atoms with Crippen molar-refractivity contribution in [3.05, 3.63) is 30.1 Å². The van der Waals surface area contributed by atoms with Gasteiger partial charge in [-0.2, -0.15) is 5.26 Å². The Morgan fingerprint density at radius 2 is 2.13 bits per heavy atom. The first-order valence-corrected chi connectivity index (χ1v) is 5.35. The molecule has 1 heterocycles. The van der Waals surface area contributed by atoms with Gasteiger partial charge >= 0.3 is 0 Å².